The number of methoxy groups -OCH3 is 1. The van der Waals surface area contributed by atoms with Gasteiger partial charge in [0.1, 0.15) is 38.1 Å². The number of thioether (sulfide) groups is 2. The van der Waals surface area contributed by atoms with Crippen molar-refractivity contribution in [1.82, 2.24) is 0 Å². The molecule has 0 bridgehead atoms. The second kappa shape index (κ2) is 40.6. The zero-order valence-electron chi connectivity index (χ0n) is 45.0. The zero-order chi connectivity index (χ0) is 53.7. The fraction of sp³-hybridized carbons (Fsp3) is 0.417. The largest absolute Gasteiger partial charge is 1.00 e. The van der Waals surface area contributed by atoms with Crippen LogP contribution in [-0.4, -0.2) is 59.9 Å². The molecular weight excluding hydrogens is 1290 g/mol. The van der Waals surface area contributed by atoms with Crippen LogP contribution >= 0.6 is 52.1 Å². The average molecular weight is 1350 g/mol. The molecule has 0 fully saturated rings. The predicted octanol–water partition coefficient (Wildman–Crippen LogP) is 5.20. The Hall–Kier alpha value is -0.646. The van der Waals surface area contributed by atoms with Gasteiger partial charge in [-0.2, -0.15) is 20.3 Å². The number of hydrogen-bond acceptors (Lipinski definition) is 20. The van der Waals surface area contributed by atoms with E-state index in [0.717, 1.165) is 88.5 Å². The molecule has 0 aromatic heterocycles. The first-order chi connectivity index (χ1) is 32.0. The maximum atomic E-state index is 10.6. The van der Waals surface area contributed by atoms with Crippen LogP contribution in [0.5, 0.6) is 23.0 Å². The molecule has 384 valence electrons. The van der Waals surface area contributed by atoms with Gasteiger partial charge in [0.25, 0.3) is 6.47 Å². The van der Waals surface area contributed by atoms with Gasteiger partial charge in [0.05, 0.1) is 21.3 Å². The molecule has 0 aliphatic heterocycles. The molecule has 0 saturated heterocycles. The Morgan fingerprint density at radius 2 is 1.06 bits per heavy atom. The maximum Gasteiger partial charge on any atom is 1.00 e. The van der Waals surface area contributed by atoms with Gasteiger partial charge in [-0.25, -0.2) is 9.78 Å². The van der Waals surface area contributed by atoms with Gasteiger partial charge in [-0.3, -0.25) is 9.59 Å². The molecule has 4 aromatic carbocycles. The predicted molar refractivity (Wildman–Crippen MR) is 268 cm³/mol. The third kappa shape index (κ3) is 34.6. The molecule has 23 heteroatoms. The molecule has 0 heterocycles. The molecule has 0 aliphatic carbocycles. The van der Waals surface area contributed by atoms with Gasteiger partial charge in [-0.05, 0) is 180 Å². The van der Waals surface area contributed by atoms with Crippen LogP contribution in [0.4, 0.5) is 0 Å². The summed E-state index contributed by atoms with van der Waals surface area (Å²) < 4.78 is 15.3. The number of aromatic hydroxyl groups is 2. The molecule has 0 unspecified atom stereocenters. The Balaban J connectivity index is -0.000000260. The van der Waals surface area contributed by atoms with Crippen LogP contribution in [0, 0.1) is 76.7 Å². The summed E-state index contributed by atoms with van der Waals surface area (Å²) in [6, 6.07) is 16.8. The van der Waals surface area contributed by atoms with Crippen LogP contribution in [-0.2, 0) is 48.8 Å². The van der Waals surface area contributed by atoms with Crippen molar-refractivity contribution in [3.8, 4) is 33.8 Å². The van der Waals surface area contributed by atoms with Crippen molar-refractivity contribution in [3.63, 3.8) is 0 Å². The van der Waals surface area contributed by atoms with Crippen LogP contribution in [0.2, 0.25) is 0 Å². The third-order valence-corrected chi connectivity index (χ3v) is 10.5. The first kappa shape index (κ1) is 76.9. The normalized spacial score (nSPS) is 10.1. The summed E-state index contributed by atoms with van der Waals surface area (Å²) in [5, 5.41) is 56.9. The second-order valence-electron chi connectivity index (χ2n) is 15.7. The molecule has 4 aromatic rings. The van der Waals surface area contributed by atoms with E-state index in [1.807, 2.05) is 103 Å². The van der Waals surface area contributed by atoms with Gasteiger partial charge in [0, 0.05) is 42.4 Å². The van der Waals surface area contributed by atoms with E-state index in [-0.39, 0.29) is 157 Å². The van der Waals surface area contributed by atoms with Crippen molar-refractivity contribution in [2.24, 2.45) is 0 Å². The number of benzene rings is 4. The number of nitrogens with zero attached hydrogens (tertiary/aromatic N) is 2. The van der Waals surface area contributed by atoms with Crippen molar-refractivity contribution in [1.29, 1.82) is 10.5 Å². The number of thiol groups is 1. The summed E-state index contributed by atoms with van der Waals surface area (Å²) in [7, 11) is 4.08. The molecule has 2 N–H and O–H groups in total. The number of phenols is 2. The Morgan fingerprint density at radius 3 is 1.41 bits per heavy atom. The van der Waals surface area contributed by atoms with Crippen LogP contribution < -0.4 is 153 Å². The quantitative estimate of drug-likeness (QED) is 0.0169. The van der Waals surface area contributed by atoms with E-state index >= 15 is 0 Å². The average Bonchev–Trinajstić information content (AvgIpc) is 3.26. The van der Waals surface area contributed by atoms with Crippen LogP contribution in [0.15, 0.2) is 69.3 Å². The summed E-state index contributed by atoms with van der Waals surface area (Å²) in [4.78, 5) is 43.2. The van der Waals surface area contributed by atoms with E-state index in [1.54, 1.807) is 53.7 Å². The molecule has 71 heavy (non-hydrogen) atoms. The number of aryl methyl sites for hydroxylation is 8. The Morgan fingerprint density at radius 1 is 0.662 bits per heavy atom. The number of hydrogen-bond donors (Lipinski definition) is 3. The number of nitriles is 2. The van der Waals surface area contributed by atoms with Crippen molar-refractivity contribution in [2.45, 2.75) is 128 Å². The fourth-order valence-corrected chi connectivity index (χ4v) is 6.14. The summed E-state index contributed by atoms with van der Waals surface area (Å²) >= 11 is 9.73. The van der Waals surface area contributed by atoms with Crippen molar-refractivity contribution in [3.05, 3.63) is 99.1 Å². The van der Waals surface area contributed by atoms with E-state index in [0.29, 0.717) is 11.5 Å². The smallest absolute Gasteiger partial charge is 1.00 e. The number of alkyl halides is 1. The Labute approximate surface area is 560 Å². The van der Waals surface area contributed by atoms with Crippen LogP contribution in [0.3, 0.4) is 0 Å². The number of thiocyanates is 2. The molecule has 0 aliphatic rings. The van der Waals surface area contributed by atoms with E-state index in [1.165, 1.54) is 21.3 Å². The van der Waals surface area contributed by atoms with E-state index < -0.39 is 15.9 Å². The number of phenolic OH excluding ortho intramolecular Hbond substituents is 2. The van der Waals surface area contributed by atoms with Crippen LogP contribution in [0.1, 0.15) is 87.5 Å². The van der Waals surface area contributed by atoms with E-state index in [4.69, 9.17) is 44.9 Å². The minimum absolute atomic E-state index is 0. The number of carbonyl (C=O) groups is 2. The number of esters is 1. The standard InChI is InChI=1S/C13H17NO4S.C12H18O4S.C9H9NOS.C8H10O.C5H9BrO2.CH2O3.2Cs.H/c1-9-7-12(19-8-14)10(2)6-11(9)16-13(3,4)17-18-15-5;1-8-7-11(17)9(2)6-10(8)14-12(3,4)15-16-13-5;1-6-4-9(12-5-10)7(2)3-8(6)11;1-6-3-4-7(2)8(9)5-6;1-5(2,6)4(7)8-3;2-1-4-3;;;/h6-7H,1-5H3;6-7,17H,1-5H3;3-4,11H,1-2H3;3-5,9H,1-2H3;1-3H3;1,3H;;;/q;;;;;;2*+1;-1/p-1. The molecule has 0 saturated carbocycles. The van der Waals surface area contributed by atoms with Gasteiger partial charge in [0.2, 0.25) is 11.6 Å². The first-order valence-corrected chi connectivity index (χ1v) is 23.1. The van der Waals surface area contributed by atoms with Gasteiger partial charge in [-0.15, -0.1) is 12.6 Å². The van der Waals surface area contributed by atoms with Gasteiger partial charge in [0.15, 0.2) is 0 Å². The summed E-state index contributed by atoms with van der Waals surface area (Å²) in [5.41, 5.74) is 7.67. The number of rotatable bonds is 14. The van der Waals surface area contributed by atoms with Crippen molar-refractivity contribution >= 4 is 64.5 Å². The zero-order valence-corrected chi connectivity index (χ0v) is 60.7. The third-order valence-electron chi connectivity index (χ3n) is 8.16. The van der Waals surface area contributed by atoms with Crippen LogP contribution in [0.25, 0.3) is 0 Å². The minimum atomic E-state index is -0.989. The first-order valence-electron chi connectivity index (χ1n) is 20.2. The summed E-state index contributed by atoms with van der Waals surface area (Å²) in [5.74, 6) is -0.112. The summed E-state index contributed by atoms with van der Waals surface area (Å²) in [6.45, 7) is 25.4. The second-order valence-corrected chi connectivity index (χ2v) is 19.8. The van der Waals surface area contributed by atoms with Gasteiger partial charge in [-0.1, -0.05) is 38.1 Å². The topological polar surface area (TPSA) is 238 Å². The maximum absolute atomic E-state index is 10.6. The Kier molecular flexibility index (Phi) is 43.9. The van der Waals surface area contributed by atoms with Crippen molar-refractivity contribution in [2.75, 3.05) is 21.3 Å². The van der Waals surface area contributed by atoms with Gasteiger partial charge >= 0.3 is 144 Å². The molecule has 0 atom stereocenters. The minimum Gasteiger partial charge on any atom is -1.00 e. The molecule has 0 amide bonds. The SMILES string of the molecule is COC(=O)C(C)(C)Br.COOOC(C)(C)Oc1cc(C)c(S)cc1C.COOOC(C)(C)Oc1cc(C)c(SC#N)cc1C.Cc1cc(SC#N)c(C)cc1O.Cc1ccc(C)c(O)c1.O=CO[O-].[Cs+].[Cs+].[H-]. The monoisotopic (exact) mass is 1350 g/mol. The Bertz CT molecular complexity index is 2320. The number of halogens is 1. The van der Waals surface area contributed by atoms with Crippen molar-refractivity contribution < 1.29 is 213 Å². The molecule has 0 radical (unpaired) electrons. The van der Waals surface area contributed by atoms with E-state index in [2.05, 4.69) is 63.4 Å². The van der Waals surface area contributed by atoms with Gasteiger partial charge < -0.3 is 36.0 Å². The molecular formula is C48H65BrCs2N2O15S3. The molecule has 0 spiro atoms. The van der Waals surface area contributed by atoms with E-state index in [9.17, 15) is 9.90 Å². The summed E-state index contributed by atoms with van der Waals surface area (Å²) in [6.07, 6.45) is 0. The number of ether oxygens (including phenoxy) is 3. The number of carbonyl (C=O) groups excluding carboxylic acids is 2. The molecule has 17 nitrogen and oxygen atoms in total. The molecule has 4 rings (SSSR count). The fourth-order valence-electron chi connectivity index (χ4n) is 4.61.